The molecule has 0 unspecified atom stereocenters. The molecule has 0 fully saturated rings. The van der Waals surface area contributed by atoms with E-state index < -0.39 is 4.92 Å². The van der Waals surface area contributed by atoms with Crippen LogP contribution in [-0.4, -0.2) is 28.1 Å². The minimum absolute atomic E-state index is 0.0413. The summed E-state index contributed by atoms with van der Waals surface area (Å²) in [7, 11) is 1.43. The number of anilines is 1. The first-order valence-electron chi connectivity index (χ1n) is 6.24. The van der Waals surface area contributed by atoms with Crippen LogP contribution in [0, 0.1) is 17.0 Å². The number of nitrogens with one attached hydrogen (secondary N) is 1. The number of hydrogen-bond donors (Lipinski definition) is 1. The van der Waals surface area contributed by atoms with Crippen LogP contribution in [-0.2, 0) is 6.54 Å². The number of methoxy groups -OCH3 is 1. The summed E-state index contributed by atoms with van der Waals surface area (Å²) < 4.78 is 7.15. The zero-order chi connectivity index (χ0) is 14.3. The summed E-state index contributed by atoms with van der Waals surface area (Å²) in [5, 5.41) is 14.4. The molecule has 0 amide bonds. The molecule has 0 saturated carbocycles. The normalized spacial score (nSPS) is 12.9. The van der Waals surface area contributed by atoms with Gasteiger partial charge in [-0.3, -0.25) is 10.1 Å². The molecular formula is C13H14N4O3. The standard InChI is InChI=1S/C13H14N4O3/c1-8-15-7-12-9-5-11(17(18)19)13(20-2)6-10(9)14-3-4-16(8)12/h5-7,14H,3-4H2,1-2H3. The lowest BCUT2D eigenvalue weighted by Crippen LogP contribution is -2.08. The number of rotatable bonds is 2. The third-order valence-corrected chi connectivity index (χ3v) is 3.50. The predicted molar refractivity (Wildman–Crippen MR) is 74.1 cm³/mol. The number of imidazole rings is 1. The summed E-state index contributed by atoms with van der Waals surface area (Å²) in [5.74, 6) is 1.15. The van der Waals surface area contributed by atoms with Crippen molar-refractivity contribution in [3.8, 4) is 17.0 Å². The van der Waals surface area contributed by atoms with Gasteiger partial charge < -0.3 is 14.6 Å². The van der Waals surface area contributed by atoms with Gasteiger partial charge in [-0.2, -0.15) is 0 Å². The monoisotopic (exact) mass is 274 g/mol. The Morgan fingerprint density at radius 3 is 3.00 bits per heavy atom. The Bertz CT molecular complexity index is 693. The van der Waals surface area contributed by atoms with Crippen LogP contribution in [0.3, 0.4) is 0 Å². The topological polar surface area (TPSA) is 82.2 Å². The first-order valence-corrected chi connectivity index (χ1v) is 6.24. The Labute approximate surface area is 115 Å². The van der Waals surface area contributed by atoms with Gasteiger partial charge in [0, 0.05) is 36.5 Å². The van der Waals surface area contributed by atoms with E-state index in [4.69, 9.17) is 4.74 Å². The van der Waals surface area contributed by atoms with E-state index in [1.54, 1.807) is 18.3 Å². The fraction of sp³-hybridized carbons (Fsp3) is 0.308. The molecule has 0 atom stereocenters. The van der Waals surface area contributed by atoms with E-state index in [0.29, 0.717) is 0 Å². The summed E-state index contributed by atoms with van der Waals surface area (Å²) in [4.78, 5) is 15.0. The molecule has 104 valence electrons. The largest absolute Gasteiger partial charge is 0.490 e. The van der Waals surface area contributed by atoms with Crippen LogP contribution < -0.4 is 10.1 Å². The summed E-state index contributed by atoms with van der Waals surface area (Å²) in [6.45, 7) is 3.43. The highest BCUT2D eigenvalue weighted by atomic mass is 16.6. The summed E-state index contributed by atoms with van der Waals surface area (Å²) >= 11 is 0. The van der Waals surface area contributed by atoms with Crippen molar-refractivity contribution in [1.29, 1.82) is 0 Å². The molecule has 1 aliphatic rings. The van der Waals surface area contributed by atoms with Gasteiger partial charge in [0.15, 0.2) is 5.75 Å². The van der Waals surface area contributed by atoms with Crippen LogP contribution in [0.15, 0.2) is 18.3 Å². The fourth-order valence-corrected chi connectivity index (χ4v) is 2.50. The van der Waals surface area contributed by atoms with Crippen LogP contribution in [0.25, 0.3) is 11.3 Å². The van der Waals surface area contributed by atoms with Gasteiger partial charge in [0.1, 0.15) is 5.82 Å². The Morgan fingerprint density at radius 2 is 2.30 bits per heavy atom. The molecule has 3 rings (SSSR count). The van der Waals surface area contributed by atoms with E-state index in [1.165, 1.54) is 7.11 Å². The van der Waals surface area contributed by atoms with Gasteiger partial charge in [-0.05, 0) is 6.92 Å². The molecule has 0 spiro atoms. The van der Waals surface area contributed by atoms with Crippen molar-refractivity contribution in [3.05, 3.63) is 34.3 Å². The second-order valence-corrected chi connectivity index (χ2v) is 4.60. The number of fused-ring (bicyclic) bond motifs is 3. The lowest BCUT2D eigenvalue weighted by atomic mass is 10.1. The first kappa shape index (κ1) is 12.5. The van der Waals surface area contributed by atoms with E-state index in [-0.39, 0.29) is 11.4 Å². The second-order valence-electron chi connectivity index (χ2n) is 4.60. The smallest absolute Gasteiger partial charge is 0.311 e. The number of nitro benzene ring substituents is 1. The molecule has 20 heavy (non-hydrogen) atoms. The molecule has 0 aliphatic carbocycles. The highest BCUT2D eigenvalue weighted by molar-refractivity contribution is 5.81. The highest BCUT2D eigenvalue weighted by Gasteiger charge is 2.23. The van der Waals surface area contributed by atoms with E-state index in [2.05, 4.69) is 14.9 Å². The number of hydrogen-bond acceptors (Lipinski definition) is 5. The predicted octanol–water partition coefficient (Wildman–Crippen LogP) is 2.20. The van der Waals surface area contributed by atoms with Crippen LogP contribution in [0.2, 0.25) is 0 Å². The van der Waals surface area contributed by atoms with Crippen molar-refractivity contribution in [1.82, 2.24) is 9.55 Å². The van der Waals surface area contributed by atoms with Gasteiger partial charge in [-0.25, -0.2) is 4.98 Å². The fourth-order valence-electron chi connectivity index (χ4n) is 2.50. The average Bonchev–Trinajstić information content (AvgIpc) is 2.70. The maximum absolute atomic E-state index is 11.2. The van der Waals surface area contributed by atoms with Crippen molar-refractivity contribution in [2.45, 2.75) is 13.5 Å². The number of benzene rings is 1. The maximum atomic E-state index is 11.2. The van der Waals surface area contributed by atoms with E-state index >= 15 is 0 Å². The molecule has 2 heterocycles. The summed E-state index contributed by atoms with van der Waals surface area (Å²) in [6.07, 6.45) is 1.75. The van der Waals surface area contributed by atoms with E-state index in [0.717, 1.165) is 35.9 Å². The molecule has 1 aromatic heterocycles. The number of ether oxygens (including phenoxy) is 1. The molecule has 1 aliphatic heterocycles. The molecule has 2 aromatic rings. The number of nitrogens with zero attached hydrogens (tertiary/aromatic N) is 3. The van der Waals surface area contributed by atoms with Gasteiger partial charge in [-0.15, -0.1) is 0 Å². The molecule has 7 heteroatoms. The van der Waals surface area contributed by atoms with Crippen molar-refractivity contribution in [2.75, 3.05) is 19.0 Å². The van der Waals surface area contributed by atoms with Gasteiger partial charge in [0.05, 0.1) is 23.9 Å². The molecule has 7 nitrogen and oxygen atoms in total. The second kappa shape index (κ2) is 4.52. The van der Waals surface area contributed by atoms with Crippen LogP contribution in [0.1, 0.15) is 5.82 Å². The van der Waals surface area contributed by atoms with Crippen molar-refractivity contribution in [2.24, 2.45) is 0 Å². The van der Waals surface area contributed by atoms with Gasteiger partial charge in [0.2, 0.25) is 0 Å². The Balaban J connectivity index is 2.26. The lowest BCUT2D eigenvalue weighted by molar-refractivity contribution is -0.385. The quantitative estimate of drug-likeness (QED) is 0.670. The van der Waals surface area contributed by atoms with Gasteiger partial charge in [0.25, 0.3) is 0 Å². The molecule has 1 aromatic carbocycles. The Kier molecular flexibility index (Phi) is 2.81. The maximum Gasteiger partial charge on any atom is 0.311 e. The molecule has 0 bridgehead atoms. The van der Waals surface area contributed by atoms with Crippen molar-refractivity contribution >= 4 is 11.4 Å². The first-order chi connectivity index (χ1) is 9.61. The summed E-state index contributed by atoms with van der Waals surface area (Å²) in [6, 6.07) is 3.21. The van der Waals surface area contributed by atoms with Crippen molar-refractivity contribution in [3.63, 3.8) is 0 Å². The molecular weight excluding hydrogens is 260 g/mol. The van der Waals surface area contributed by atoms with Gasteiger partial charge >= 0.3 is 5.69 Å². The zero-order valence-corrected chi connectivity index (χ0v) is 11.2. The third kappa shape index (κ3) is 1.78. The minimum Gasteiger partial charge on any atom is -0.490 e. The van der Waals surface area contributed by atoms with Crippen molar-refractivity contribution < 1.29 is 9.66 Å². The number of aromatic nitrogens is 2. The third-order valence-electron chi connectivity index (χ3n) is 3.50. The minimum atomic E-state index is -0.433. The number of aryl methyl sites for hydroxylation is 1. The van der Waals surface area contributed by atoms with Crippen LogP contribution >= 0.6 is 0 Å². The van der Waals surface area contributed by atoms with E-state index in [1.807, 2.05) is 6.92 Å². The van der Waals surface area contributed by atoms with E-state index in [9.17, 15) is 10.1 Å². The SMILES string of the molecule is COc1cc2c(cc1[N+](=O)[O-])-c1cnc(C)n1CCN2. The number of nitro groups is 1. The van der Waals surface area contributed by atoms with Crippen LogP contribution in [0.5, 0.6) is 5.75 Å². The highest BCUT2D eigenvalue weighted by Crippen LogP contribution is 2.39. The summed E-state index contributed by atoms with van der Waals surface area (Å²) in [5.41, 5.74) is 2.44. The zero-order valence-electron chi connectivity index (χ0n) is 11.2. The Morgan fingerprint density at radius 1 is 1.50 bits per heavy atom. The molecule has 0 radical (unpaired) electrons. The Hall–Kier alpha value is -2.57. The average molecular weight is 274 g/mol. The molecule has 1 N–H and O–H groups in total. The van der Waals surface area contributed by atoms with Gasteiger partial charge in [-0.1, -0.05) is 0 Å². The molecule has 0 saturated heterocycles. The van der Waals surface area contributed by atoms with Crippen LogP contribution in [0.4, 0.5) is 11.4 Å². The lowest BCUT2D eigenvalue weighted by Gasteiger charge is -2.10.